The van der Waals surface area contributed by atoms with Gasteiger partial charge in [-0.1, -0.05) is 6.92 Å². The number of hydrogen-bond acceptors (Lipinski definition) is 12. The maximum atomic E-state index is 13.2. The number of rotatable bonds is 4. The van der Waals surface area contributed by atoms with Gasteiger partial charge < -0.3 is 53.5 Å². The average molecular weight is 612 g/mol. The van der Waals surface area contributed by atoms with E-state index >= 15 is 0 Å². The number of ketones is 1. The quantitative estimate of drug-likeness (QED) is 0.490. The van der Waals surface area contributed by atoms with Crippen molar-refractivity contribution >= 4 is 16.6 Å². The summed E-state index contributed by atoms with van der Waals surface area (Å²) in [5.41, 5.74) is 7.54. The Balaban J connectivity index is 1.27. The van der Waals surface area contributed by atoms with E-state index in [1.165, 1.54) is 0 Å². The zero-order valence-electron chi connectivity index (χ0n) is 25.0. The van der Waals surface area contributed by atoms with Crippen molar-refractivity contribution in [3.05, 3.63) is 28.3 Å². The number of phenols is 1. The van der Waals surface area contributed by atoms with E-state index in [0.29, 0.717) is 78.9 Å². The largest absolute Gasteiger partial charge is 0.506 e. The molecule has 44 heavy (non-hydrogen) atoms. The minimum atomic E-state index is -1.56. The third-order valence-electron chi connectivity index (χ3n) is 10.7. The van der Waals surface area contributed by atoms with Gasteiger partial charge in [-0.15, -0.1) is 0 Å². The Bertz CT molecular complexity index is 1580. The van der Waals surface area contributed by atoms with Crippen LogP contribution in [0.3, 0.4) is 0 Å². The Kier molecular flexibility index (Phi) is 5.84. The van der Waals surface area contributed by atoms with Gasteiger partial charge in [-0.05, 0) is 43.7 Å². The molecule has 0 aromatic heterocycles. The third kappa shape index (κ3) is 3.27. The van der Waals surface area contributed by atoms with E-state index in [2.05, 4.69) is 6.92 Å². The van der Waals surface area contributed by atoms with Crippen LogP contribution in [0.25, 0.3) is 10.8 Å². The molecular weight excluding hydrogens is 574 g/mol. The fourth-order valence-electron chi connectivity index (χ4n) is 8.39. The van der Waals surface area contributed by atoms with Crippen molar-refractivity contribution < 1.29 is 52.5 Å². The molecule has 2 aromatic carbocycles. The molecule has 2 aromatic rings. The number of epoxide rings is 1. The minimum absolute atomic E-state index is 0.117. The highest BCUT2D eigenvalue weighted by molar-refractivity contribution is 6.11. The Labute approximate surface area is 253 Å². The monoisotopic (exact) mass is 611 g/mol. The summed E-state index contributed by atoms with van der Waals surface area (Å²) in [4.78, 5) is 13.2. The molecule has 0 saturated carbocycles. The van der Waals surface area contributed by atoms with Gasteiger partial charge in [0.15, 0.2) is 18.2 Å². The van der Waals surface area contributed by atoms with Gasteiger partial charge in [0.25, 0.3) is 11.6 Å². The van der Waals surface area contributed by atoms with Crippen molar-refractivity contribution in [2.75, 3.05) is 33.5 Å². The first-order valence-electron chi connectivity index (χ1n) is 15.6. The van der Waals surface area contributed by atoms with Gasteiger partial charge in [-0.2, -0.15) is 0 Å². The zero-order valence-corrected chi connectivity index (χ0v) is 25.0. The average Bonchev–Trinajstić information content (AvgIpc) is 3.68. The normalized spacial score (nSPS) is 40.6. The molecule has 6 aliphatic heterocycles. The molecule has 12 heteroatoms. The topological polar surface area (TPSA) is 150 Å². The van der Waals surface area contributed by atoms with Crippen molar-refractivity contribution in [3.8, 4) is 17.2 Å². The second-order valence-corrected chi connectivity index (χ2v) is 13.2. The number of methoxy groups -OCH3 is 1. The zero-order chi connectivity index (χ0) is 30.2. The number of ether oxygens (including phenoxy) is 9. The summed E-state index contributed by atoms with van der Waals surface area (Å²) in [6.07, 6.45) is -0.0675. The predicted molar refractivity (Wildman–Crippen MR) is 151 cm³/mol. The van der Waals surface area contributed by atoms with Crippen LogP contribution in [-0.4, -0.2) is 86.3 Å². The van der Waals surface area contributed by atoms with Crippen molar-refractivity contribution in [1.82, 2.24) is 0 Å². The van der Waals surface area contributed by atoms with Crippen molar-refractivity contribution in [3.63, 3.8) is 0 Å². The Morgan fingerprint density at radius 3 is 2.64 bits per heavy atom. The maximum absolute atomic E-state index is 13.2. The standard InChI is InChI=1S/C32H37NO11/c1-14-11-20(39-12-18(14)33)41-31-28-27(43-32(44-28,30(31)13-40-30)29-37-8-5-9-38-29)21-15(2)10-17-23(26(21)42-31)24(35)22-16(25(17)36-3)6-4-7-19(22)34/h10,14,18,20,27-29,35H,4-9,11-13,33H2,1-3H3/t14?,18?,20-,27?,28?,30?,31?,32+/m0/s1. The summed E-state index contributed by atoms with van der Waals surface area (Å²) >= 11 is 0. The number of Topliss-reactive ketones (excluding diaryl/α,β-unsaturated/α-hetero) is 1. The van der Waals surface area contributed by atoms with Crippen LogP contribution in [0, 0.1) is 12.8 Å². The van der Waals surface area contributed by atoms with Crippen LogP contribution in [0.15, 0.2) is 6.07 Å². The van der Waals surface area contributed by atoms with Crippen LogP contribution in [0.2, 0.25) is 0 Å². The van der Waals surface area contributed by atoms with E-state index in [0.717, 1.165) is 12.0 Å². The lowest BCUT2D eigenvalue weighted by atomic mass is 9.78. The molecule has 0 radical (unpaired) electrons. The van der Waals surface area contributed by atoms with E-state index in [-0.39, 0.29) is 35.7 Å². The van der Waals surface area contributed by atoms with E-state index in [9.17, 15) is 9.90 Å². The van der Waals surface area contributed by atoms with Gasteiger partial charge in [-0.3, -0.25) is 4.79 Å². The lowest BCUT2D eigenvalue weighted by Gasteiger charge is -2.51. The highest BCUT2D eigenvalue weighted by atomic mass is 16.9. The number of hydrogen-bond donors (Lipinski definition) is 2. The lowest BCUT2D eigenvalue weighted by Crippen LogP contribution is -2.71. The lowest BCUT2D eigenvalue weighted by molar-refractivity contribution is -0.383. The van der Waals surface area contributed by atoms with E-state index in [4.69, 9.17) is 48.4 Å². The molecule has 7 aliphatic rings. The summed E-state index contributed by atoms with van der Waals surface area (Å²) in [7, 11) is 1.58. The van der Waals surface area contributed by atoms with Crippen molar-refractivity contribution in [1.29, 1.82) is 0 Å². The molecule has 0 amide bonds. The highest BCUT2D eigenvalue weighted by Crippen LogP contribution is 2.72. The number of carbonyl (C=O) groups is 1. The van der Waals surface area contributed by atoms with E-state index in [1.54, 1.807) is 7.11 Å². The van der Waals surface area contributed by atoms with Gasteiger partial charge in [0, 0.05) is 35.4 Å². The summed E-state index contributed by atoms with van der Waals surface area (Å²) < 4.78 is 58.2. The fraction of sp³-hybridized carbons (Fsp3) is 0.656. The number of aryl methyl sites for hydroxylation is 1. The van der Waals surface area contributed by atoms with Crippen molar-refractivity contribution in [2.24, 2.45) is 11.7 Å². The molecule has 3 N–H and O–H groups in total. The molecule has 9 rings (SSSR count). The minimum Gasteiger partial charge on any atom is -0.506 e. The molecule has 12 nitrogen and oxygen atoms in total. The summed E-state index contributed by atoms with van der Waals surface area (Å²) in [6, 6.07) is 1.84. The molecule has 6 heterocycles. The first-order chi connectivity index (χ1) is 21.2. The Morgan fingerprint density at radius 2 is 1.91 bits per heavy atom. The molecule has 5 saturated heterocycles. The number of nitrogens with two attached hydrogens (primary N) is 1. The summed E-state index contributed by atoms with van der Waals surface area (Å²) in [6.45, 7) is 5.51. The fourth-order valence-corrected chi connectivity index (χ4v) is 8.39. The van der Waals surface area contributed by atoms with E-state index < -0.39 is 42.0 Å². The van der Waals surface area contributed by atoms with Gasteiger partial charge in [0.2, 0.25) is 11.9 Å². The molecule has 1 aliphatic carbocycles. The second-order valence-electron chi connectivity index (χ2n) is 13.2. The van der Waals surface area contributed by atoms with E-state index in [1.807, 2.05) is 13.0 Å². The first-order valence-corrected chi connectivity index (χ1v) is 15.6. The first kappa shape index (κ1) is 27.7. The van der Waals surface area contributed by atoms with Gasteiger partial charge in [0.1, 0.15) is 23.4 Å². The Hall–Kier alpha value is -2.55. The Morgan fingerprint density at radius 1 is 1.11 bits per heavy atom. The number of aromatic hydroxyl groups is 1. The summed E-state index contributed by atoms with van der Waals surface area (Å²) in [5, 5.41) is 12.9. The number of carbonyl (C=O) groups excluding carboxylic acids is 1. The number of fused-ring (bicyclic) bond motifs is 8. The van der Waals surface area contributed by atoms with Crippen LogP contribution in [0.4, 0.5) is 0 Å². The van der Waals surface area contributed by atoms with Crippen LogP contribution in [0.5, 0.6) is 17.2 Å². The second kappa shape index (κ2) is 9.26. The molecular formula is C32H37NO11. The van der Waals surface area contributed by atoms with Crippen LogP contribution in [0.1, 0.15) is 65.8 Å². The molecule has 6 unspecified atom stereocenters. The molecule has 8 atom stereocenters. The SMILES string of the molecule is COc1c2c(c(O)c3c4c(c(C)cc13)C1O[C@]3(C5OCCCO5)OC1C(O[C@H]1CC(C)C(N)CO1)(O4)C31CO1)C(=O)CCC2. The van der Waals surface area contributed by atoms with Crippen LogP contribution < -0.4 is 15.2 Å². The van der Waals surface area contributed by atoms with Crippen LogP contribution >= 0.6 is 0 Å². The number of phenolic OH excluding ortho intramolecular Hbond substituents is 1. The number of benzene rings is 2. The maximum Gasteiger partial charge on any atom is 0.279 e. The molecule has 236 valence electrons. The smallest absolute Gasteiger partial charge is 0.279 e. The highest BCUT2D eigenvalue weighted by Gasteiger charge is 2.94. The molecule has 2 bridgehead atoms. The molecule has 1 spiro atoms. The third-order valence-corrected chi connectivity index (χ3v) is 10.7. The predicted octanol–water partition coefficient (Wildman–Crippen LogP) is 2.89. The van der Waals surface area contributed by atoms with Crippen molar-refractivity contribution in [2.45, 2.75) is 94.0 Å². The summed E-state index contributed by atoms with van der Waals surface area (Å²) in [5.74, 6) is -2.25. The van der Waals surface area contributed by atoms with Gasteiger partial charge >= 0.3 is 0 Å². The van der Waals surface area contributed by atoms with Gasteiger partial charge in [-0.25, -0.2) is 0 Å². The van der Waals surface area contributed by atoms with Crippen LogP contribution in [-0.2, 0) is 39.6 Å². The molecule has 5 fully saturated rings. The van der Waals surface area contributed by atoms with Gasteiger partial charge in [0.05, 0.1) is 44.5 Å².